The predicted molar refractivity (Wildman–Crippen MR) is 54.8 cm³/mol. The summed E-state index contributed by atoms with van der Waals surface area (Å²) in [6, 6.07) is 7.21. The van der Waals surface area contributed by atoms with Gasteiger partial charge >= 0.3 is 0 Å². The van der Waals surface area contributed by atoms with Gasteiger partial charge in [-0.3, -0.25) is 0 Å². The minimum atomic E-state index is -0.225. The van der Waals surface area contributed by atoms with Gasteiger partial charge in [0.2, 0.25) is 0 Å². The van der Waals surface area contributed by atoms with E-state index in [9.17, 15) is 0 Å². The summed E-state index contributed by atoms with van der Waals surface area (Å²) >= 11 is 0. The zero-order chi connectivity index (χ0) is 10.1. The van der Waals surface area contributed by atoms with Crippen LogP contribution in [0.2, 0.25) is 0 Å². The van der Waals surface area contributed by atoms with Crippen LogP contribution in [0, 0.1) is 0 Å². The molecule has 0 spiro atoms. The third-order valence-electron chi connectivity index (χ3n) is 2.51. The van der Waals surface area contributed by atoms with Gasteiger partial charge in [0.25, 0.3) is 0 Å². The van der Waals surface area contributed by atoms with Crippen molar-refractivity contribution < 1.29 is 5.11 Å². The maximum absolute atomic E-state index is 9.11. The molecule has 0 aromatic heterocycles. The van der Waals surface area contributed by atoms with Crippen LogP contribution in [-0.2, 0) is 0 Å². The Kier molecular flexibility index (Phi) is 2.62. The van der Waals surface area contributed by atoms with Crippen molar-refractivity contribution >= 4 is 0 Å². The SMILES string of the molecule is C[C@H](c1ccc(O)cc1)C(C)(C)N. The Morgan fingerprint density at radius 3 is 2.08 bits per heavy atom. The zero-order valence-electron chi connectivity index (χ0n) is 8.41. The summed E-state index contributed by atoms with van der Waals surface area (Å²) in [7, 11) is 0. The molecule has 0 aliphatic heterocycles. The highest BCUT2D eigenvalue weighted by atomic mass is 16.3. The van der Waals surface area contributed by atoms with Gasteiger partial charge in [0, 0.05) is 5.54 Å². The number of phenolic OH excluding ortho intramolecular Hbond substituents is 1. The summed E-state index contributed by atoms with van der Waals surface area (Å²) in [5.41, 5.74) is 6.92. The van der Waals surface area contributed by atoms with Crippen molar-refractivity contribution in [3.63, 3.8) is 0 Å². The summed E-state index contributed by atoms with van der Waals surface area (Å²) in [6.45, 7) is 6.10. The third-order valence-corrected chi connectivity index (χ3v) is 2.51. The highest BCUT2D eigenvalue weighted by molar-refractivity contribution is 5.29. The van der Waals surface area contributed by atoms with E-state index in [2.05, 4.69) is 6.92 Å². The topological polar surface area (TPSA) is 46.2 Å². The van der Waals surface area contributed by atoms with Crippen LogP contribution in [0.25, 0.3) is 0 Å². The molecule has 0 aliphatic rings. The van der Waals surface area contributed by atoms with Crippen molar-refractivity contribution in [1.29, 1.82) is 0 Å². The van der Waals surface area contributed by atoms with Gasteiger partial charge < -0.3 is 10.8 Å². The van der Waals surface area contributed by atoms with Crippen molar-refractivity contribution in [2.45, 2.75) is 32.2 Å². The molecule has 3 N–H and O–H groups in total. The van der Waals surface area contributed by atoms with E-state index < -0.39 is 0 Å². The predicted octanol–water partition coefficient (Wildman–Crippen LogP) is 2.23. The van der Waals surface area contributed by atoms with Gasteiger partial charge in [-0.15, -0.1) is 0 Å². The molecule has 1 atom stereocenters. The Morgan fingerprint density at radius 2 is 1.69 bits per heavy atom. The van der Waals surface area contributed by atoms with Gasteiger partial charge in [0.05, 0.1) is 0 Å². The molecule has 0 bridgehead atoms. The molecule has 72 valence electrons. The Hall–Kier alpha value is -1.02. The Balaban J connectivity index is 2.90. The molecule has 1 aromatic rings. The van der Waals surface area contributed by atoms with Crippen LogP contribution in [0.1, 0.15) is 32.3 Å². The number of rotatable bonds is 2. The second-order valence-corrected chi connectivity index (χ2v) is 4.13. The number of phenols is 1. The van der Waals surface area contributed by atoms with E-state index >= 15 is 0 Å². The molecule has 0 radical (unpaired) electrons. The Bertz CT molecular complexity index is 271. The number of aromatic hydroxyl groups is 1. The number of hydrogen-bond donors (Lipinski definition) is 2. The minimum Gasteiger partial charge on any atom is -0.508 e. The Labute approximate surface area is 79.4 Å². The first-order valence-corrected chi connectivity index (χ1v) is 4.49. The zero-order valence-corrected chi connectivity index (χ0v) is 8.41. The second-order valence-electron chi connectivity index (χ2n) is 4.13. The fraction of sp³-hybridized carbons (Fsp3) is 0.455. The van der Waals surface area contributed by atoms with E-state index in [0.717, 1.165) is 5.56 Å². The van der Waals surface area contributed by atoms with Gasteiger partial charge in [-0.1, -0.05) is 19.1 Å². The van der Waals surface area contributed by atoms with Crippen molar-refractivity contribution in [1.82, 2.24) is 0 Å². The summed E-state index contributed by atoms with van der Waals surface area (Å²) in [5.74, 6) is 0.582. The van der Waals surface area contributed by atoms with Gasteiger partial charge in [-0.2, -0.15) is 0 Å². The molecule has 0 saturated carbocycles. The van der Waals surface area contributed by atoms with E-state index in [-0.39, 0.29) is 11.5 Å². The average molecular weight is 179 g/mol. The van der Waals surface area contributed by atoms with E-state index in [0.29, 0.717) is 5.75 Å². The van der Waals surface area contributed by atoms with Crippen molar-refractivity contribution in [2.75, 3.05) is 0 Å². The highest BCUT2D eigenvalue weighted by Crippen LogP contribution is 2.26. The van der Waals surface area contributed by atoms with E-state index in [1.807, 2.05) is 26.0 Å². The van der Waals surface area contributed by atoms with Gasteiger partial charge in [0.1, 0.15) is 5.75 Å². The average Bonchev–Trinajstić information content (AvgIpc) is 2.03. The van der Waals surface area contributed by atoms with Gasteiger partial charge in [-0.25, -0.2) is 0 Å². The maximum Gasteiger partial charge on any atom is 0.115 e. The summed E-state index contributed by atoms with van der Waals surface area (Å²) in [4.78, 5) is 0. The first kappa shape index (κ1) is 10.1. The van der Waals surface area contributed by atoms with Crippen molar-refractivity contribution in [3.8, 4) is 5.75 Å². The molecular weight excluding hydrogens is 162 g/mol. The monoisotopic (exact) mass is 179 g/mol. The molecule has 0 saturated heterocycles. The summed E-state index contributed by atoms with van der Waals surface area (Å²) in [6.07, 6.45) is 0. The Morgan fingerprint density at radius 1 is 1.23 bits per heavy atom. The molecule has 0 heterocycles. The molecule has 1 rings (SSSR count). The molecule has 0 aliphatic carbocycles. The molecule has 13 heavy (non-hydrogen) atoms. The molecule has 2 heteroatoms. The molecule has 0 unspecified atom stereocenters. The van der Waals surface area contributed by atoms with E-state index in [1.165, 1.54) is 0 Å². The van der Waals surface area contributed by atoms with Gasteiger partial charge in [0.15, 0.2) is 0 Å². The lowest BCUT2D eigenvalue weighted by atomic mass is 9.84. The number of hydrogen-bond acceptors (Lipinski definition) is 2. The normalized spacial score (nSPS) is 14.2. The smallest absolute Gasteiger partial charge is 0.115 e. The standard InChI is InChI=1S/C11H17NO/c1-8(11(2,3)12)9-4-6-10(13)7-5-9/h4-8,13H,12H2,1-3H3/t8-/m1/s1. The van der Waals surface area contributed by atoms with Gasteiger partial charge in [-0.05, 0) is 37.5 Å². The lowest BCUT2D eigenvalue weighted by Gasteiger charge is -2.27. The number of benzene rings is 1. The molecule has 0 amide bonds. The van der Waals surface area contributed by atoms with E-state index in [1.54, 1.807) is 12.1 Å². The van der Waals surface area contributed by atoms with Crippen LogP contribution >= 0.6 is 0 Å². The number of nitrogens with two attached hydrogens (primary N) is 1. The lowest BCUT2D eigenvalue weighted by Crippen LogP contribution is -2.37. The van der Waals surface area contributed by atoms with Crippen LogP contribution in [-0.4, -0.2) is 10.6 Å². The quantitative estimate of drug-likeness (QED) is 0.731. The highest BCUT2D eigenvalue weighted by Gasteiger charge is 2.21. The van der Waals surface area contributed by atoms with Crippen molar-refractivity contribution in [2.24, 2.45) is 5.73 Å². The molecule has 0 fully saturated rings. The van der Waals surface area contributed by atoms with Crippen LogP contribution < -0.4 is 5.73 Å². The first-order valence-electron chi connectivity index (χ1n) is 4.49. The fourth-order valence-electron chi connectivity index (χ4n) is 1.19. The van der Waals surface area contributed by atoms with Crippen LogP contribution in [0.3, 0.4) is 0 Å². The summed E-state index contributed by atoms with van der Waals surface area (Å²) < 4.78 is 0. The largest absolute Gasteiger partial charge is 0.508 e. The fourth-order valence-corrected chi connectivity index (χ4v) is 1.19. The molecule has 2 nitrogen and oxygen atoms in total. The van der Waals surface area contributed by atoms with Crippen LogP contribution in [0.15, 0.2) is 24.3 Å². The summed E-state index contributed by atoms with van der Waals surface area (Å²) in [5, 5.41) is 9.11. The third kappa shape index (κ3) is 2.46. The minimum absolute atomic E-state index is 0.225. The van der Waals surface area contributed by atoms with Crippen LogP contribution in [0.4, 0.5) is 0 Å². The second kappa shape index (κ2) is 3.38. The maximum atomic E-state index is 9.11. The van der Waals surface area contributed by atoms with Crippen LogP contribution in [0.5, 0.6) is 5.75 Å². The molecule has 1 aromatic carbocycles. The molecular formula is C11H17NO. The lowest BCUT2D eigenvalue weighted by molar-refractivity contribution is 0.433. The first-order chi connectivity index (χ1) is 5.91. The van der Waals surface area contributed by atoms with E-state index in [4.69, 9.17) is 10.8 Å². The van der Waals surface area contributed by atoms with Crippen molar-refractivity contribution in [3.05, 3.63) is 29.8 Å².